The van der Waals surface area contributed by atoms with Gasteiger partial charge in [0.05, 0.1) is 5.56 Å². The predicted molar refractivity (Wildman–Crippen MR) is 74.2 cm³/mol. The number of hydrogen-bond acceptors (Lipinski definition) is 2. The van der Waals surface area contributed by atoms with Gasteiger partial charge in [0, 0.05) is 10.5 Å². The Morgan fingerprint density at radius 3 is 2.72 bits per heavy atom. The van der Waals surface area contributed by atoms with E-state index in [1.54, 1.807) is 0 Å². The fourth-order valence-electron chi connectivity index (χ4n) is 1.50. The van der Waals surface area contributed by atoms with Crippen LogP contribution in [0.5, 0.6) is 0 Å². The van der Waals surface area contributed by atoms with Crippen LogP contribution < -0.4 is 5.32 Å². The van der Waals surface area contributed by atoms with E-state index in [0.717, 1.165) is 13.0 Å². The van der Waals surface area contributed by atoms with E-state index in [1.807, 2.05) is 21.0 Å². The fourth-order valence-corrected chi connectivity index (χ4v) is 2.03. The SMILES string of the molecule is CC(CCN(C)C)NC(=O)c1ccc(F)cc1Br. The van der Waals surface area contributed by atoms with E-state index >= 15 is 0 Å². The van der Waals surface area contributed by atoms with Crippen molar-refractivity contribution in [2.45, 2.75) is 19.4 Å². The molecular weight excluding hydrogens is 299 g/mol. The average Bonchev–Trinajstić information content (AvgIpc) is 2.26. The second-order valence-corrected chi connectivity index (χ2v) is 5.44. The van der Waals surface area contributed by atoms with Crippen LogP contribution in [-0.2, 0) is 0 Å². The van der Waals surface area contributed by atoms with Crippen molar-refractivity contribution < 1.29 is 9.18 Å². The Hall–Kier alpha value is -0.940. The molecule has 0 aromatic heterocycles. The molecule has 1 rings (SSSR count). The van der Waals surface area contributed by atoms with E-state index in [4.69, 9.17) is 0 Å². The number of hydrogen-bond donors (Lipinski definition) is 1. The summed E-state index contributed by atoms with van der Waals surface area (Å²) in [4.78, 5) is 14.0. The summed E-state index contributed by atoms with van der Waals surface area (Å²) in [6, 6.07) is 4.13. The topological polar surface area (TPSA) is 32.3 Å². The van der Waals surface area contributed by atoms with E-state index < -0.39 is 0 Å². The van der Waals surface area contributed by atoms with Gasteiger partial charge in [-0.1, -0.05) is 0 Å². The van der Waals surface area contributed by atoms with Crippen LogP contribution in [0.3, 0.4) is 0 Å². The molecule has 0 heterocycles. The quantitative estimate of drug-likeness (QED) is 0.905. The summed E-state index contributed by atoms with van der Waals surface area (Å²) in [5.74, 6) is -0.549. The van der Waals surface area contributed by atoms with Crippen LogP contribution in [0.1, 0.15) is 23.7 Å². The summed E-state index contributed by atoms with van der Waals surface area (Å²) < 4.78 is 13.4. The third kappa shape index (κ3) is 4.74. The lowest BCUT2D eigenvalue weighted by atomic mass is 10.1. The maximum Gasteiger partial charge on any atom is 0.252 e. The minimum Gasteiger partial charge on any atom is -0.350 e. The van der Waals surface area contributed by atoms with E-state index in [-0.39, 0.29) is 17.8 Å². The van der Waals surface area contributed by atoms with Crippen LogP contribution in [-0.4, -0.2) is 37.5 Å². The molecule has 0 radical (unpaired) electrons. The highest BCUT2D eigenvalue weighted by atomic mass is 79.9. The molecule has 18 heavy (non-hydrogen) atoms. The van der Waals surface area contributed by atoms with Gasteiger partial charge in [-0.2, -0.15) is 0 Å². The molecule has 1 unspecified atom stereocenters. The van der Waals surface area contributed by atoms with Crippen LogP contribution in [0, 0.1) is 5.82 Å². The Morgan fingerprint density at radius 1 is 1.50 bits per heavy atom. The third-order valence-electron chi connectivity index (χ3n) is 2.56. The van der Waals surface area contributed by atoms with E-state index in [9.17, 15) is 9.18 Å². The van der Waals surface area contributed by atoms with Gasteiger partial charge < -0.3 is 10.2 Å². The van der Waals surface area contributed by atoms with Gasteiger partial charge >= 0.3 is 0 Å². The van der Waals surface area contributed by atoms with Gasteiger partial charge in [-0.25, -0.2) is 4.39 Å². The van der Waals surface area contributed by atoms with Gasteiger partial charge in [0.2, 0.25) is 0 Å². The van der Waals surface area contributed by atoms with E-state index in [2.05, 4.69) is 26.1 Å². The lowest BCUT2D eigenvalue weighted by molar-refractivity contribution is 0.0936. The molecule has 1 aromatic rings. The lowest BCUT2D eigenvalue weighted by Gasteiger charge is -2.17. The zero-order valence-electron chi connectivity index (χ0n) is 10.8. The predicted octanol–water partition coefficient (Wildman–Crippen LogP) is 2.66. The van der Waals surface area contributed by atoms with E-state index in [1.165, 1.54) is 18.2 Å². The van der Waals surface area contributed by atoms with Gasteiger partial charge in [0.25, 0.3) is 5.91 Å². The van der Waals surface area contributed by atoms with Crippen LogP contribution in [0.25, 0.3) is 0 Å². The smallest absolute Gasteiger partial charge is 0.252 e. The van der Waals surface area contributed by atoms with Crippen molar-refractivity contribution >= 4 is 21.8 Å². The molecule has 0 aliphatic carbocycles. The Labute approximate surface area is 115 Å². The molecule has 0 spiro atoms. The number of carbonyl (C=O) groups is 1. The number of amides is 1. The minimum absolute atomic E-state index is 0.0804. The molecule has 100 valence electrons. The molecular formula is C13H18BrFN2O. The number of carbonyl (C=O) groups excluding carboxylic acids is 1. The lowest BCUT2D eigenvalue weighted by Crippen LogP contribution is -2.34. The van der Waals surface area contributed by atoms with Crippen molar-refractivity contribution in [3.05, 3.63) is 34.1 Å². The Bertz CT molecular complexity index is 423. The first kappa shape index (κ1) is 15.1. The largest absolute Gasteiger partial charge is 0.350 e. The molecule has 1 amide bonds. The van der Waals surface area contributed by atoms with Crippen molar-refractivity contribution in [2.75, 3.05) is 20.6 Å². The summed E-state index contributed by atoms with van der Waals surface area (Å²) in [5.41, 5.74) is 0.452. The van der Waals surface area contributed by atoms with Gasteiger partial charge in [0.15, 0.2) is 0 Å². The molecule has 1 atom stereocenters. The highest BCUT2D eigenvalue weighted by Crippen LogP contribution is 2.18. The highest BCUT2D eigenvalue weighted by molar-refractivity contribution is 9.10. The zero-order valence-corrected chi connectivity index (χ0v) is 12.4. The number of nitrogens with one attached hydrogen (secondary N) is 1. The summed E-state index contributed by atoms with van der Waals surface area (Å²) in [6.45, 7) is 2.87. The Kier molecular flexibility index (Phi) is 5.75. The Morgan fingerprint density at radius 2 is 2.17 bits per heavy atom. The number of halogens is 2. The number of nitrogens with zero attached hydrogens (tertiary/aromatic N) is 1. The molecule has 5 heteroatoms. The molecule has 1 N–H and O–H groups in total. The molecule has 0 saturated carbocycles. The first-order chi connectivity index (χ1) is 8.40. The van der Waals surface area contributed by atoms with Crippen molar-refractivity contribution in [1.82, 2.24) is 10.2 Å². The second-order valence-electron chi connectivity index (χ2n) is 4.59. The summed E-state index contributed by atoms with van der Waals surface area (Å²) >= 11 is 3.19. The summed E-state index contributed by atoms with van der Waals surface area (Å²) in [5, 5.41) is 2.89. The zero-order chi connectivity index (χ0) is 13.7. The van der Waals surface area contributed by atoms with Crippen LogP contribution in [0.4, 0.5) is 4.39 Å². The van der Waals surface area contributed by atoms with Gasteiger partial charge in [0.1, 0.15) is 5.82 Å². The molecule has 1 aromatic carbocycles. The normalized spacial score (nSPS) is 12.6. The summed E-state index contributed by atoms with van der Waals surface area (Å²) in [7, 11) is 3.98. The van der Waals surface area contributed by atoms with Crippen molar-refractivity contribution in [3.8, 4) is 0 Å². The van der Waals surface area contributed by atoms with Gasteiger partial charge in [-0.15, -0.1) is 0 Å². The highest BCUT2D eigenvalue weighted by Gasteiger charge is 2.13. The molecule has 0 fully saturated rings. The summed E-state index contributed by atoms with van der Waals surface area (Å²) in [6.07, 6.45) is 0.873. The van der Waals surface area contributed by atoms with Gasteiger partial charge in [-0.3, -0.25) is 4.79 Å². The number of rotatable bonds is 5. The molecule has 3 nitrogen and oxygen atoms in total. The van der Waals surface area contributed by atoms with Gasteiger partial charge in [-0.05, 0) is 68.1 Å². The third-order valence-corrected chi connectivity index (χ3v) is 3.22. The van der Waals surface area contributed by atoms with Crippen LogP contribution >= 0.6 is 15.9 Å². The average molecular weight is 317 g/mol. The standard InChI is InChI=1S/C13H18BrFN2O/c1-9(6-7-17(2)3)16-13(18)11-5-4-10(15)8-12(11)14/h4-5,8-9H,6-7H2,1-3H3,(H,16,18). The first-order valence-corrected chi connectivity index (χ1v) is 6.60. The first-order valence-electron chi connectivity index (χ1n) is 5.81. The molecule has 0 aliphatic heterocycles. The monoisotopic (exact) mass is 316 g/mol. The van der Waals surface area contributed by atoms with Crippen molar-refractivity contribution in [2.24, 2.45) is 0 Å². The maximum absolute atomic E-state index is 12.9. The van der Waals surface area contributed by atoms with Crippen molar-refractivity contribution in [1.29, 1.82) is 0 Å². The maximum atomic E-state index is 12.9. The molecule has 0 aliphatic rings. The van der Waals surface area contributed by atoms with E-state index in [0.29, 0.717) is 10.0 Å². The number of benzene rings is 1. The minimum atomic E-state index is -0.362. The fraction of sp³-hybridized carbons (Fsp3) is 0.462. The Balaban J connectivity index is 2.59. The van der Waals surface area contributed by atoms with Crippen LogP contribution in [0.15, 0.2) is 22.7 Å². The van der Waals surface area contributed by atoms with Crippen LogP contribution in [0.2, 0.25) is 0 Å². The molecule has 0 bridgehead atoms. The van der Waals surface area contributed by atoms with Crippen molar-refractivity contribution in [3.63, 3.8) is 0 Å². The molecule has 0 saturated heterocycles. The second kappa shape index (κ2) is 6.85.